The topological polar surface area (TPSA) is 78.9 Å². The fraction of sp³-hybridized carbons (Fsp3) is 0.906. The van der Waals surface area contributed by atoms with E-state index in [4.69, 9.17) is 14.2 Å². The first-order chi connectivity index (χ1) is 29.0. The van der Waals surface area contributed by atoms with Crippen molar-refractivity contribution in [3.8, 4) is 0 Å². The van der Waals surface area contributed by atoms with E-state index in [0.29, 0.717) is 19.3 Å². The Morgan fingerprint density at radius 3 is 0.881 bits per heavy atom. The average molecular weight is 833 g/mol. The summed E-state index contributed by atoms with van der Waals surface area (Å²) < 4.78 is 16.8. The zero-order valence-corrected chi connectivity index (χ0v) is 39.8. The van der Waals surface area contributed by atoms with Gasteiger partial charge in [-0.3, -0.25) is 14.4 Å². The highest BCUT2D eigenvalue weighted by Gasteiger charge is 2.19. The van der Waals surface area contributed by atoms with Gasteiger partial charge in [0.2, 0.25) is 0 Å². The second-order valence-corrected chi connectivity index (χ2v) is 17.8. The summed E-state index contributed by atoms with van der Waals surface area (Å²) in [6.07, 6.45) is 53.4. The van der Waals surface area contributed by atoms with Gasteiger partial charge >= 0.3 is 17.9 Å². The van der Waals surface area contributed by atoms with Crippen LogP contribution in [0.5, 0.6) is 0 Å². The first kappa shape index (κ1) is 57.1. The zero-order valence-electron chi connectivity index (χ0n) is 39.8. The van der Waals surface area contributed by atoms with Crippen molar-refractivity contribution in [1.82, 2.24) is 0 Å². The van der Waals surface area contributed by atoms with Crippen molar-refractivity contribution < 1.29 is 28.6 Å². The van der Waals surface area contributed by atoms with Crippen LogP contribution >= 0.6 is 0 Å². The van der Waals surface area contributed by atoms with Gasteiger partial charge in [-0.05, 0) is 44.9 Å². The first-order valence-corrected chi connectivity index (χ1v) is 26.2. The number of hydrogen-bond donors (Lipinski definition) is 0. The molecule has 348 valence electrons. The minimum absolute atomic E-state index is 0.0681. The first-order valence-electron chi connectivity index (χ1n) is 26.2. The molecule has 6 nitrogen and oxygen atoms in total. The van der Waals surface area contributed by atoms with E-state index in [1.54, 1.807) is 0 Å². The maximum Gasteiger partial charge on any atom is 0.306 e. The van der Waals surface area contributed by atoms with Crippen LogP contribution in [0.15, 0.2) is 12.2 Å². The van der Waals surface area contributed by atoms with Crippen molar-refractivity contribution in [3.63, 3.8) is 0 Å². The summed E-state index contributed by atoms with van der Waals surface area (Å²) in [4.78, 5) is 37.9. The van der Waals surface area contributed by atoms with Crippen LogP contribution in [0.25, 0.3) is 0 Å². The van der Waals surface area contributed by atoms with E-state index in [2.05, 4.69) is 32.9 Å². The number of ether oxygens (including phenoxy) is 3. The molecule has 0 aromatic heterocycles. The fourth-order valence-electron chi connectivity index (χ4n) is 7.79. The highest BCUT2D eigenvalue weighted by Crippen LogP contribution is 2.16. The van der Waals surface area contributed by atoms with E-state index in [9.17, 15) is 14.4 Å². The summed E-state index contributed by atoms with van der Waals surface area (Å²) in [6.45, 7) is 6.64. The summed E-state index contributed by atoms with van der Waals surface area (Å²) in [5.41, 5.74) is 0. The molecule has 0 unspecified atom stereocenters. The van der Waals surface area contributed by atoms with Gasteiger partial charge in [-0.1, -0.05) is 238 Å². The second-order valence-electron chi connectivity index (χ2n) is 17.8. The van der Waals surface area contributed by atoms with Crippen LogP contribution in [0.3, 0.4) is 0 Å². The molecule has 0 aromatic carbocycles. The molecule has 0 aromatic rings. The molecule has 0 aliphatic rings. The van der Waals surface area contributed by atoms with Gasteiger partial charge in [0.15, 0.2) is 6.10 Å². The number of allylic oxidation sites excluding steroid dienone is 2. The van der Waals surface area contributed by atoms with Crippen molar-refractivity contribution in [2.45, 2.75) is 297 Å². The van der Waals surface area contributed by atoms with Crippen LogP contribution < -0.4 is 0 Å². The van der Waals surface area contributed by atoms with E-state index in [0.717, 1.165) is 64.2 Å². The predicted molar refractivity (Wildman–Crippen MR) is 252 cm³/mol. The average Bonchev–Trinajstić information content (AvgIpc) is 3.23. The Labute approximate surface area is 367 Å². The van der Waals surface area contributed by atoms with Gasteiger partial charge < -0.3 is 14.2 Å². The van der Waals surface area contributed by atoms with Gasteiger partial charge in [0.25, 0.3) is 0 Å². The fourth-order valence-corrected chi connectivity index (χ4v) is 7.79. The standard InChI is InChI=1S/C53H100O6/c1-4-7-10-13-16-19-22-25-26-27-28-29-32-34-37-40-43-46-52(55)58-49-50(59-53(56)47-44-41-38-35-31-24-21-18-15-12-9-6-3)48-57-51(54)45-42-39-36-33-30-23-20-17-14-11-8-5-2/h18,21,50H,4-17,19-20,22-49H2,1-3H3/b21-18-/t50-/m1/s1. The maximum absolute atomic E-state index is 12.8. The van der Waals surface area contributed by atoms with Crippen molar-refractivity contribution >= 4 is 17.9 Å². The van der Waals surface area contributed by atoms with E-state index in [-0.39, 0.29) is 31.1 Å². The lowest BCUT2D eigenvalue weighted by Gasteiger charge is -2.18. The molecule has 0 spiro atoms. The second kappa shape index (κ2) is 48.8. The minimum Gasteiger partial charge on any atom is -0.462 e. The molecule has 6 heteroatoms. The van der Waals surface area contributed by atoms with Gasteiger partial charge in [-0.2, -0.15) is 0 Å². The molecule has 0 saturated heterocycles. The molecular formula is C53H100O6. The van der Waals surface area contributed by atoms with Gasteiger partial charge in [0, 0.05) is 19.3 Å². The number of carbonyl (C=O) groups excluding carboxylic acids is 3. The third-order valence-corrected chi connectivity index (χ3v) is 11.8. The Morgan fingerprint density at radius 2 is 0.559 bits per heavy atom. The van der Waals surface area contributed by atoms with E-state index in [1.165, 1.54) is 186 Å². The molecule has 0 fully saturated rings. The molecule has 0 saturated carbocycles. The summed E-state index contributed by atoms with van der Waals surface area (Å²) in [7, 11) is 0. The quantitative estimate of drug-likeness (QED) is 0.0263. The summed E-state index contributed by atoms with van der Waals surface area (Å²) in [5, 5.41) is 0. The summed E-state index contributed by atoms with van der Waals surface area (Å²) >= 11 is 0. The molecule has 0 radical (unpaired) electrons. The molecular weight excluding hydrogens is 733 g/mol. The highest BCUT2D eigenvalue weighted by molar-refractivity contribution is 5.71. The zero-order chi connectivity index (χ0) is 43.0. The van der Waals surface area contributed by atoms with Crippen LogP contribution in [0.2, 0.25) is 0 Å². The van der Waals surface area contributed by atoms with Crippen molar-refractivity contribution in [2.24, 2.45) is 0 Å². The van der Waals surface area contributed by atoms with Crippen LogP contribution in [0.1, 0.15) is 290 Å². The van der Waals surface area contributed by atoms with E-state index < -0.39 is 6.10 Å². The van der Waals surface area contributed by atoms with Crippen LogP contribution in [-0.4, -0.2) is 37.2 Å². The summed E-state index contributed by atoms with van der Waals surface area (Å²) in [6, 6.07) is 0. The van der Waals surface area contributed by atoms with Crippen LogP contribution in [0.4, 0.5) is 0 Å². The van der Waals surface area contributed by atoms with E-state index in [1.807, 2.05) is 0 Å². The van der Waals surface area contributed by atoms with Crippen molar-refractivity contribution in [2.75, 3.05) is 13.2 Å². The van der Waals surface area contributed by atoms with Crippen molar-refractivity contribution in [3.05, 3.63) is 12.2 Å². The normalized spacial score (nSPS) is 12.0. The van der Waals surface area contributed by atoms with Crippen LogP contribution in [0, 0.1) is 0 Å². The monoisotopic (exact) mass is 833 g/mol. The highest BCUT2D eigenvalue weighted by atomic mass is 16.6. The number of esters is 3. The van der Waals surface area contributed by atoms with Gasteiger partial charge in [-0.15, -0.1) is 0 Å². The molecule has 0 aliphatic carbocycles. The smallest absolute Gasteiger partial charge is 0.306 e. The molecule has 59 heavy (non-hydrogen) atoms. The lowest BCUT2D eigenvalue weighted by molar-refractivity contribution is -0.167. The largest absolute Gasteiger partial charge is 0.462 e. The Balaban J connectivity index is 4.29. The number of unbranched alkanes of at least 4 members (excludes halogenated alkanes) is 35. The number of carbonyl (C=O) groups is 3. The Bertz CT molecular complexity index is 916. The molecule has 0 N–H and O–H groups in total. The number of hydrogen-bond acceptors (Lipinski definition) is 6. The lowest BCUT2D eigenvalue weighted by atomic mass is 10.0. The Morgan fingerprint density at radius 1 is 0.322 bits per heavy atom. The third-order valence-electron chi connectivity index (χ3n) is 11.8. The van der Waals surface area contributed by atoms with Gasteiger partial charge in [0.05, 0.1) is 0 Å². The minimum atomic E-state index is -0.767. The van der Waals surface area contributed by atoms with Crippen molar-refractivity contribution in [1.29, 1.82) is 0 Å². The Hall–Kier alpha value is -1.85. The Kier molecular flexibility index (Phi) is 47.3. The third kappa shape index (κ3) is 47.1. The molecule has 0 heterocycles. The molecule has 0 bridgehead atoms. The number of rotatable bonds is 48. The van der Waals surface area contributed by atoms with Gasteiger partial charge in [-0.25, -0.2) is 0 Å². The van der Waals surface area contributed by atoms with E-state index >= 15 is 0 Å². The predicted octanol–water partition coefficient (Wildman–Crippen LogP) is 17.0. The van der Waals surface area contributed by atoms with Crippen LogP contribution in [-0.2, 0) is 28.6 Å². The molecule has 0 amide bonds. The lowest BCUT2D eigenvalue weighted by Crippen LogP contribution is -2.30. The molecule has 1 atom stereocenters. The molecule has 0 aliphatic heterocycles. The molecule has 0 rings (SSSR count). The maximum atomic E-state index is 12.8. The SMILES string of the molecule is CCCCC/C=C\CCCCCCCC(=O)O[C@H](COC(=O)CCCCCCCCCCCCCC)COC(=O)CCCCCCCCCCCCCCCCCCC. The van der Waals surface area contributed by atoms with Gasteiger partial charge in [0.1, 0.15) is 13.2 Å². The summed E-state index contributed by atoms with van der Waals surface area (Å²) in [5.74, 6) is -0.861.